The second-order valence-electron chi connectivity index (χ2n) is 8.05. The fourth-order valence-electron chi connectivity index (χ4n) is 2.45. The third kappa shape index (κ3) is 9.23. The maximum Gasteiger partial charge on any atom is 0.309 e. The molecule has 0 radical (unpaired) electrons. The van der Waals surface area contributed by atoms with Crippen LogP contribution in [-0.4, -0.2) is 44.6 Å². The lowest BCUT2D eigenvalue weighted by Gasteiger charge is -2.21. The van der Waals surface area contributed by atoms with E-state index in [4.69, 9.17) is 10.2 Å². The molecule has 0 fully saturated rings. The van der Waals surface area contributed by atoms with E-state index in [1.807, 2.05) is 0 Å². The van der Waals surface area contributed by atoms with Gasteiger partial charge in [-0.05, 0) is 79.1 Å². The molecule has 0 heterocycles. The normalized spacial score (nSPS) is 15.1. The van der Waals surface area contributed by atoms with Gasteiger partial charge in [-0.3, -0.25) is 9.59 Å². The molecule has 24 heavy (non-hydrogen) atoms. The number of carboxylic acids is 2. The average molecular weight is 346 g/mol. The van der Waals surface area contributed by atoms with Gasteiger partial charge in [-0.15, -0.1) is 0 Å². The summed E-state index contributed by atoms with van der Waals surface area (Å²) in [6.07, 6.45) is 3.17. The highest BCUT2D eigenvalue weighted by Gasteiger charge is 2.27. The van der Waals surface area contributed by atoms with Crippen LogP contribution in [-0.2, 0) is 9.59 Å². The minimum atomic E-state index is -0.836. The quantitative estimate of drug-likeness (QED) is 0.407. The molecule has 0 saturated heterocycles. The molecule has 0 aromatic rings. The molecule has 2 atom stereocenters. The minimum Gasteiger partial charge on any atom is -0.481 e. The van der Waals surface area contributed by atoms with Crippen LogP contribution in [0.3, 0.4) is 0 Å². The number of hydrogen-bond donors (Lipinski definition) is 4. The predicted molar refractivity (Wildman–Crippen MR) is 91.8 cm³/mol. The van der Waals surface area contributed by atoms with Crippen molar-refractivity contribution in [3.8, 4) is 0 Å². The summed E-state index contributed by atoms with van der Waals surface area (Å²) in [5.41, 5.74) is -1.56. The maximum atomic E-state index is 11.0. The molecule has 2 unspecified atom stereocenters. The van der Waals surface area contributed by atoms with Crippen LogP contribution >= 0.6 is 0 Å². The number of aliphatic carboxylic acids is 2. The van der Waals surface area contributed by atoms with Gasteiger partial charge in [0.15, 0.2) is 0 Å². The Morgan fingerprint density at radius 3 is 1.25 bits per heavy atom. The topological polar surface area (TPSA) is 115 Å². The zero-order valence-corrected chi connectivity index (χ0v) is 15.4. The Balaban J connectivity index is 3.88. The van der Waals surface area contributed by atoms with Gasteiger partial charge in [-0.1, -0.05) is 0 Å². The number of hydrogen-bond acceptors (Lipinski definition) is 4. The van der Waals surface area contributed by atoms with E-state index in [9.17, 15) is 19.8 Å². The number of rotatable bonds is 13. The van der Waals surface area contributed by atoms with Crippen molar-refractivity contribution in [2.45, 2.75) is 91.3 Å². The first-order valence-electron chi connectivity index (χ1n) is 8.71. The van der Waals surface area contributed by atoms with Gasteiger partial charge in [-0.2, -0.15) is 0 Å². The van der Waals surface area contributed by atoms with Gasteiger partial charge in [0.1, 0.15) is 0 Å². The standard InChI is InChI=1S/C18H34O6/c1-17(2,15(21)22)11-5-7-13(19)9-10-14(20)8-6-12-18(3,4)16(23)24/h13-14,19-20H,5-12H2,1-4H3,(H,21,22)(H,23,24). The molecule has 6 nitrogen and oxygen atoms in total. The molecule has 0 aromatic carbocycles. The van der Waals surface area contributed by atoms with Gasteiger partial charge < -0.3 is 20.4 Å². The van der Waals surface area contributed by atoms with Crippen LogP contribution in [0.15, 0.2) is 0 Å². The summed E-state index contributed by atoms with van der Waals surface area (Å²) >= 11 is 0. The van der Waals surface area contributed by atoms with Crippen LogP contribution in [0, 0.1) is 10.8 Å². The lowest BCUT2D eigenvalue weighted by molar-refractivity contribution is -0.148. The van der Waals surface area contributed by atoms with E-state index < -0.39 is 35.0 Å². The Bertz CT molecular complexity index is 364. The van der Waals surface area contributed by atoms with Crippen molar-refractivity contribution < 1.29 is 30.0 Å². The van der Waals surface area contributed by atoms with Gasteiger partial charge in [0.2, 0.25) is 0 Å². The lowest BCUT2D eigenvalue weighted by Crippen LogP contribution is -2.24. The molecule has 0 aromatic heterocycles. The van der Waals surface area contributed by atoms with Crippen molar-refractivity contribution in [2.24, 2.45) is 10.8 Å². The van der Waals surface area contributed by atoms with Crippen LogP contribution in [0.1, 0.15) is 79.1 Å². The first-order valence-corrected chi connectivity index (χ1v) is 8.71. The van der Waals surface area contributed by atoms with E-state index >= 15 is 0 Å². The van der Waals surface area contributed by atoms with Crippen LogP contribution in [0.5, 0.6) is 0 Å². The third-order valence-corrected chi connectivity index (χ3v) is 4.67. The summed E-state index contributed by atoms with van der Waals surface area (Å²) in [7, 11) is 0. The molecule has 0 spiro atoms. The summed E-state index contributed by atoms with van der Waals surface area (Å²) in [4.78, 5) is 22.0. The summed E-state index contributed by atoms with van der Waals surface area (Å²) in [6, 6.07) is 0. The second kappa shape index (κ2) is 9.99. The Morgan fingerprint density at radius 1 is 0.708 bits per heavy atom. The van der Waals surface area contributed by atoms with Gasteiger partial charge in [0, 0.05) is 0 Å². The van der Waals surface area contributed by atoms with Crippen molar-refractivity contribution in [1.82, 2.24) is 0 Å². The lowest BCUT2D eigenvalue weighted by atomic mass is 9.86. The van der Waals surface area contributed by atoms with Gasteiger partial charge in [0.25, 0.3) is 0 Å². The van der Waals surface area contributed by atoms with Crippen molar-refractivity contribution >= 4 is 11.9 Å². The molecule has 142 valence electrons. The number of carbonyl (C=O) groups is 2. The molecule has 0 aliphatic carbocycles. The molecule has 6 heteroatoms. The highest BCUT2D eigenvalue weighted by molar-refractivity contribution is 5.73. The zero-order chi connectivity index (χ0) is 19.0. The molecule has 0 saturated carbocycles. The molecular weight excluding hydrogens is 312 g/mol. The fourth-order valence-corrected chi connectivity index (χ4v) is 2.45. The highest BCUT2D eigenvalue weighted by Crippen LogP contribution is 2.26. The second-order valence-corrected chi connectivity index (χ2v) is 8.05. The Labute approximate surface area is 144 Å². The molecule has 0 bridgehead atoms. The van der Waals surface area contributed by atoms with Gasteiger partial charge in [0.05, 0.1) is 23.0 Å². The molecule has 0 aliphatic heterocycles. The fraction of sp³-hybridized carbons (Fsp3) is 0.889. The zero-order valence-electron chi connectivity index (χ0n) is 15.4. The highest BCUT2D eigenvalue weighted by atomic mass is 16.4. The smallest absolute Gasteiger partial charge is 0.309 e. The largest absolute Gasteiger partial charge is 0.481 e. The molecular formula is C18H34O6. The molecule has 4 N–H and O–H groups in total. The van der Waals surface area contributed by atoms with Crippen molar-refractivity contribution in [3.63, 3.8) is 0 Å². The Kier molecular flexibility index (Phi) is 9.51. The van der Waals surface area contributed by atoms with E-state index in [0.29, 0.717) is 51.4 Å². The number of aliphatic hydroxyl groups is 2. The Morgan fingerprint density at radius 2 is 1.00 bits per heavy atom. The van der Waals surface area contributed by atoms with E-state index in [1.165, 1.54) is 0 Å². The number of carboxylic acid groups (broad SMARTS) is 2. The van der Waals surface area contributed by atoms with Crippen molar-refractivity contribution in [2.75, 3.05) is 0 Å². The van der Waals surface area contributed by atoms with E-state index in [1.54, 1.807) is 27.7 Å². The Hall–Kier alpha value is -1.14. The van der Waals surface area contributed by atoms with E-state index in [2.05, 4.69) is 0 Å². The maximum absolute atomic E-state index is 11.0. The van der Waals surface area contributed by atoms with E-state index in [0.717, 1.165) is 0 Å². The van der Waals surface area contributed by atoms with Crippen LogP contribution in [0.2, 0.25) is 0 Å². The minimum absolute atomic E-state index is 0.469. The van der Waals surface area contributed by atoms with Gasteiger partial charge >= 0.3 is 11.9 Å². The van der Waals surface area contributed by atoms with Crippen molar-refractivity contribution in [1.29, 1.82) is 0 Å². The average Bonchev–Trinajstić information content (AvgIpc) is 2.44. The summed E-state index contributed by atoms with van der Waals surface area (Å²) in [5.74, 6) is -1.67. The predicted octanol–water partition coefficient (Wildman–Crippen LogP) is 3.05. The van der Waals surface area contributed by atoms with Crippen LogP contribution < -0.4 is 0 Å². The monoisotopic (exact) mass is 346 g/mol. The molecule has 0 aliphatic rings. The molecule has 0 rings (SSSR count). The first kappa shape index (κ1) is 22.9. The molecule has 0 amide bonds. The van der Waals surface area contributed by atoms with Crippen molar-refractivity contribution in [3.05, 3.63) is 0 Å². The van der Waals surface area contributed by atoms with E-state index in [-0.39, 0.29) is 0 Å². The summed E-state index contributed by atoms with van der Waals surface area (Å²) in [5, 5.41) is 37.9. The number of aliphatic hydroxyl groups excluding tert-OH is 2. The SMILES string of the molecule is CC(C)(CCCC(O)CCC(O)CCCC(C)(C)C(=O)O)C(=O)O. The first-order chi connectivity index (χ1) is 10.9. The van der Waals surface area contributed by atoms with Crippen LogP contribution in [0.4, 0.5) is 0 Å². The summed E-state index contributed by atoms with van der Waals surface area (Å²) in [6.45, 7) is 6.68. The third-order valence-electron chi connectivity index (χ3n) is 4.67. The van der Waals surface area contributed by atoms with Gasteiger partial charge in [-0.25, -0.2) is 0 Å². The summed E-state index contributed by atoms with van der Waals surface area (Å²) < 4.78 is 0. The van der Waals surface area contributed by atoms with Crippen LogP contribution in [0.25, 0.3) is 0 Å².